The molecule has 192 valence electrons. The Bertz CT molecular complexity index is 1110. The van der Waals surface area contributed by atoms with Gasteiger partial charge in [-0.2, -0.15) is 0 Å². The number of hydrogen-bond donors (Lipinski definition) is 3. The molecule has 0 bridgehead atoms. The first-order chi connectivity index (χ1) is 17.3. The van der Waals surface area contributed by atoms with Gasteiger partial charge in [0.25, 0.3) is 0 Å². The van der Waals surface area contributed by atoms with Crippen molar-refractivity contribution >= 4 is 34.8 Å². The first kappa shape index (κ1) is 25.7. The van der Waals surface area contributed by atoms with Crippen LogP contribution < -0.4 is 20.9 Å². The van der Waals surface area contributed by atoms with Gasteiger partial charge < -0.3 is 25.8 Å². The van der Waals surface area contributed by atoms with Crippen LogP contribution in [0.25, 0.3) is 0 Å². The molecule has 0 aliphatic carbocycles. The van der Waals surface area contributed by atoms with Crippen LogP contribution in [0.1, 0.15) is 30.5 Å². The molecule has 2 aliphatic heterocycles. The van der Waals surface area contributed by atoms with Crippen LogP contribution in [0.4, 0.5) is 17.1 Å². The lowest BCUT2D eigenvalue weighted by Crippen LogP contribution is -2.49. The first-order valence-electron chi connectivity index (χ1n) is 12.5. The Morgan fingerprint density at radius 3 is 2.33 bits per heavy atom. The van der Waals surface area contributed by atoms with E-state index < -0.39 is 11.8 Å². The fourth-order valence-corrected chi connectivity index (χ4v) is 4.94. The number of nitrogens with one attached hydrogen (secondary N) is 3. The lowest BCUT2D eigenvalue weighted by Gasteiger charge is -2.39. The molecule has 0 radical (unpaired) electrons. The van der Waals surface area contributed by atoms with Crippen LogP contribution in [0.3, 0.4) is 0 Å². The summed E-state index contributed by atoms with van der Waals surface area (Å²) in [4.78, 5) is 43.6. The lowest BCUT2D eigenvalue weighted by atomic mass is 9.95. The van der Waals surface area contributed by atoms with E-state index >= 15 is 0 Å². The molecule has 9 heteroatoms. The molecule has 1 atom stereocenters. The van der Waals surface area contributed by atoms with Gasteiger partial charge >= 0.3 is 11.8 Å². The summed E-state index contributed by atoms with van der Waals surface area (Å²) in [6.45, 7) is 6.54. The predicted molar refractivity (Wildman–Crippen MR) is 142 cm³/mol. The molecule has 1 unspecified atom stereocenters. The Kier molecular flexibility index (Phi) is 8.22. The second-order valence-corrected chi connectivity index (χ2v) is 9.69. The van der Waals surface area contributed by atoms with Crippen molar-refractivity contribution in [3.05, 3.63) is 53.6 Å². The summed E-state index contributed by atoms with van der Waals surface area (Å²) >= 11 is 0. The van der Waals surface area contributed by atoms with Gasteiger partial charge in [-0.1, -0.05) is 18.2 Å². The topological polar surface area (TPSA) is 97.0 Å². The van der Waals surface area contributed by atoms with E-state index in [0.717, 1.165) is 51.1 Å². The number of anilines is 3. The lowest BCUT2D eigenvalue weighted by molar-refractivity contribution is -0.136. The molecule has 1 saturated heterocycles. The highest BCUT2D eigenvalue weighted by Gasteiger charge is 2.27. The van der Waals surface area contributed by atoms with Gasteiger partial charge in [0.1, 0.15) is 0 Å². The Hall–Kier alpha value is -3.43. The maximum absolute atomic E-state index is 12.7. The van der Waals surface area contributed by atoms with Crippen molar-refractivity contribution in [2.24, 2.45) is 0 Å². The summed E-state index contributed by atoms with van der Waals surface area (Å²) in [6, 6.07) is 13.3. The van der Waals surface area contributed by atoms with E-state index in [4.69, 9.17) is 0 Å². The average Bonchev–Trinajstić information content (AvgIpc) is 2.85. The van der Waals surface area contributed by atoms with E-state index in [-0.39, 0.29) is 11.9 Å². The summed E-state index contributed by atoms with van der Waals surface area (Å²) < 4.78 is 0. The number of likely N-dealkylation sites (N-methyl/N-ethyl adjacent to an activating group) is 1. The Labute approximate surface area is 212 Å². The van der Waals surface area contributed by atoms with Crippen molar-refractivity contribution < 1.29 is 14.4 Å². The third kappa shape index (κ3) is 6.41. The van der Waals surface area contributed by atoms with Gasteiger partial charge in [-0.05, 0) is 55.3 Å². The van der Waals surface area contributed by atoms with Crippen molar-refractivity contribution in [3.63, 3.8) is 0 Å². The Balaban J connectivity index is 1.44. The zero-order chi connectivity index (χ0) is 25.7. The van der Waals surface area contributed by atoms with Crippen molar-refractivity contribution in [3.8, 4) is 0 Å². The van der Waals surface area contributed by atoms with Gasteiger partial charge in [0, 0.05) is 70.3 Å². The highest BCUT2D eigenvalue weighted by atomic mass is 16.2. The number of nitrogens with zero attached hydrogens (tertiary/aromatic N) is 3. The maximum atomic E-state index is 12.7. The second-order valence-electron chi connectivity index (χ2n) is 9.69. The smallest absolute Gasteiger partial charge is 0.313 e. The molecular formula is C27H36N6O3. The van der Waals surface area contributed by atoms with Gasteiger partial charge in [0.05, 0.1) is 6.04 Å². The first-order valence-corrected chi connectivity index (χ1v) is 12.5. The van der Waals surface area contributed by atoms with E-state index in [1.165, 1.54) is 18.2 Å². The quantitative estimate of drug-likeness (QED) is 0.535. The largest absolute Gasteiger partial charge is 0.374 e. The SMILES string of the molecule is CC(=O)Nc1cccc(NC(=O)C(=O)NCC(c2ccc3c(c2)CCCN3C)N2CCN(C)CC2)c1. The molecule has 2 heterocycles. The molecule has 3 N–H and O–H groups in total. The van der Waals surface area contributed by atoms with Crippen molar-refractivity contribution in [2.45, 2.75) is 25.8 Å². The minimum absolute atomic E-state index is 0.0175. The van der Waals surface area contributed by atoms with E-state index in [0.29, 0.717) is 17.9 Å². The van der Waals surface area contributed by atoms with Crippen molar-refractivity contribution in [1.82, 2.24) is 15.1 Å². The molecule has 9 nitrogen and oxygen atoms in total. The highest BCUT2D eigenvalue weighted by Crippen LogP contribution is 2.31. The van der Waals surface area contributed by atoms with Crippen LogP contribution >= 0.6 is 0 Å². The molecule has 0 saturated carbocycles. The molecule has 36 heavy (non-hydrogen) atoms. The predicted octanol–water partition coefficient (Wildman–Crippen LogP) is 2.07. The standard InChI is InChI=1S/C27H36N6O3/c1-19(34)29-22-7-4-8-23(17-22)30-27(36)26(35)28-18-25(33-14-12-31(2)13-15-33)21-9-10-24-20(16-21)6-5-11-32(24)3/h4,7-10,16-17,25H,5-6,11-15,18H2,1-3H3,(H,28,35)(H,29,34)(H,30,36). The average molecular weight is 493 g/mol. The number of benzene rings is 2. The fraction of sp³-hybridized carbons (Fsp3) is 0.444. The summed E-state index contributed by atoms with van der Waals surface area (Å²) in [5.74, 6) is -1.63. The van der Waals surface area contributed by atoms with Crippen LogP contribution in [0.2, 0.25) is 0 Å². The molecule has 2 aromatic carbocycles. The van der Waals surface area contributed by atoms with E-state index in [1.54, 1.807) is 24.3 Å². The van der Waals surface area contributed by atoms with Gasteiger partial charge in [-0.15, -0.1) is 0 Å². The summed E-state index contributed by atoms with van der Waals surface area (Å²) in [7, 11) is 4.24. The molecule has 2 aliphatic rings. The van der Waals surface area contributed by atoms with E-state index in [2.05, 4.69) is 62.9 Å². The number of fused-ring (bicyclic) bond motifs is 1. The number of carbonyl (C=O) groups is 3. The summed E-state index contributed by atoms with van der Waals surface area (Å²) in [5.41, 5.74) is 4.76. The van der Waals surface area contributed by atoms with Crippen LogP contribution in [0.15, 0.2) is 42.5 Å². The molecule has 2 aromatic rings. The number of carbonyl (C=O) groups excluding carboxylic acids is 3. The minimum Gasteiger partial charge on any atom is -0.374 e. The molecular weight excluding hydrogens is 456 g/mol. The van der Waals surface area contributed by atoms with Crippen LogP contribution in [0.5, 0.6) is 0 Å². The third-order valence-electron chi connectivity index (χ3n) is 6.92. The zero-order valence-corrected chi connectivity index (χ0v) is 21.3. The minimum atomic E-state index is -0.737. The van der Waals surface area contributed by atoms with Crippen molar-refractivity contribution in [2.75, 3.05) is 68.9 Å². The summed E-state index contributed by atoms with van der Waals surface area (Å²) in [6.07, 6.45) is 2.18. The molecule has 0 aromatic heterocycles. The second kappa shape index (κ2) is 11.5. The van der Waals surface area contributed by atoms with Gasteiger partial charge in [-0.25, -0.2) is 0 Å². The van der Waals surface area contributed by atoms with E-state index in [9.17, 15) is 14.4 Å². The Morgan fingerprint density at radius 2 is 1.61 bits per heavy atom. The highest BCUT2D eigenvalue weighted by molar-refractivity contribution is 6.39. The molecule has 1 fully saturated rings. The fourth-order valence-electron chi connectivity index (χ4n) is 4.94. The van der Waals surface area contributed by atoms with Crippen LogP contribution in [-0.4, -0.2) is 80.9 Å². The monoisotopic (exact) mass is 492 g/mol. The number of piperazine rings is 1. The molecule has 4 rings (SSSR count). The third-order valence-corrected chi connectivity index (χ3v) is 6.92. The van der Waals surface area contributed by atoms with Crippen LogP contribution in [-0.2, 0) is 20.8 Å². The van der Waals surface area contributed by atoms with E-state index in [1.807, 2.05) is 0 Å². The number of aryl methyl sites for hydroxylation is 1. The van der Waals surface area contributed by atoms with Gasteiger partial charge in [0.15, 0.2) is 0 Å². The Morgan fingerprint density at radius 1 is 0.889 bits per heavy atom. The van der Waals surface area contributed by atoms with Crippen LogP contribution in [0, 0.1) is 0 Å². The zero-order valence-electron chi connectivity index (χ0n) is 21.3. The maximum Gasteiger partial charge on any atom is 0.313 e. The number of rotatable bonds is 6. The molecule has 3 amide bonds. The van der Waals surface area contributed by atoms with Gasteiger partial charge in [0.2, 0.25) is 5.91 Å². The van der Waals surface area contributed by atoms with Crippen molar-refractivity contribution in [1.29, 1.82) is 0 Å². The van der Waals surface area contributed by atoms with Gasteiger partial charge in [-0.3, -0.25) is 19.3 Å². The normalized spacial score (nSPS) is 17.1. The summed E-state index contributed by atoms with van der Waals surface area (Å²) in [5, 5.41) is 8.15. The number of amides is 3. The number of hydrogen-bond acceptors (Lipinski definition) is 6. The molecule has 0 spiro atoms.